The number of fused-ring (bicyclic) bond motifs is 2. The molecule has 0 aliphatic carbocycles. The molecular formula is C14H11N5OS. The number of benzene rings is 1. The molecule has 0 aliphatic rings. The average Bonchev–Trinajstić information content (AvgIpc) is 3.03. The first-order valence-corrected chi connectivity index (χ1v) is 7.12. The van der Waals surface area contributed by atoms with Crippen molar-refractivity contribution in [3.8, 4) is 0 Å². The number of anilines is 1. The SMILES string of the molecule is Cn1cnc2c(Sc3nc4ccc(N)cc4o3)nccc21. The third-order valence-corrected chi connectivity index (χ3v) is 4.03. The van der Waals surface area contributed by atoms with E-state index in [0.29, 0.717) is 16.5 Å². The molecule has 4 aromatic rings. The second-order valence-electron chi connectivity index (χ2n) is 4.65. The number of aryl methyl sites for hydroxylation is 1. The van der Waals surface area contributed by atoms with Crippen LogP contribution in [0.4, 0.5) is 5.69 Å². The van der Waals surface area contributed by atoms with Crippen LogP contribution in [0.15, 0.2) is 51.5 Å². The molecule has 0 saturated carbocycles. The van der Waals surface area contributed by atoms with Crippen molar-refractivity contribution in [1.29, 1.82) is 0 Å². The Balaban J connectivity index is 1.79. The van der Waals surface area contributed by atoms with E-state index in [-0.39, 0.29) is 0 Å². The maximum absolute atomic E-state index is 5.74. The lowest BCUT2D eigenvalue weighted by molar-refractivity contribution is 0.489. The van der Waals surface area contributed by atoms with Crippen LogP contribution in [0.5, 0.6) is 0 Å². The first-order valence-electron chi connectivity index (χ1n) is 6.31. The zero-order valence-corrected chi connectivity index (χ0v) is 12.0. The number of hydrogen-bond donors (Lipinski definition) is 1. The van der Waals surface area contributed by atoms with Gasteiger partial charge in [-0.15, -0.1) is 0 Å². The molecule has 2 N–H and O–H groups in total. The Labute approximate surface area is 124 Å². The fraction of sp³-hybridized carbons (Fsp3) is 0.0714. The van der Waals surface area contributed by atoms with E-state index in [9.17, 15) is 0 Å². The highest BCUT2D eigenvalue weighted by molar-refractivity contribution is 7.99. The van der Waals surface area contributed by atoms with Gasteiger partial charge in [0.15, 0.2) is 5.58 Å². The molecule has 0 atom stereocenters. The number of hydrogen-bond acceptors (Lipinski definition) is 6. The van der Waals surface area contributed by atoms with E-state index < -0.39 is 0 Å². The van der Waals surface area contributed by atoms with Crippen molar-refractivity contribution in [2.75, 3.05) is 5.73 Å². The maximum Gasteiger partial charge on any atom is 0.263 e. The van der Waals surface area contributed by atoms with Gasteiger partial charge in [0.1, 0.15) is 16.1 Å². The molecule has 0 fully saturated rings. The van der Waals surface area contributed by atoms with Crippen LogP contribution in [0.25, 0.3) is 22.1 Å². The summed E-state index contributed by atoms with van der Waals surface area (Å²) in [6.45, 7) is 0. The summed E-state index contributed by atoms with van der Waals surface area (Å²) in [4.78, 5) is 13.2. The van der Waals surface area contributed by atoms with E-state index in [4.69, 9.17) is 10.2 Å². The van der Waals surface area contributed by atoms with Gasteiger partial charge in [-0.25, -0.2) is 15.0 Å². The molecule has 1 aromatic carbocycles. The van der Waals surface area contributed by atoms with Gasteiger partial charge in [0.2, 0.25) is 0 Å². The standard InChI is InChI=1S/C14H11N5OS/c1-19-7-17-12-10(19)4-5-16-13(12)21-14-18-9-3-2-8(15)6-11(9)20-14/h2-7H,15H2,1H3. The van der Waals surface area contributed by atoms with Crippen molar-refractivity contribution >= 4 is 39.6 Å². The van der Waals surface area contributed by atoms with E-state index in [1.165, 1.54) is 11.8 Å². The number of aromatic nitrogens is 4. The molecule has 0 amide bonds. The van der Waals surface area contributed by atoms with Crippen LogP contribution < -0.4 is 5.73 Å². The van der Waals surface area contributed by atoms with Crippen LogP contribution in [-0.2, 0) is 7.05 Å². The Bertz CT molecular complexity index is 958. The first kappa shape index (κ1) is 12.2. The molecule has 0 radical (unpaired) electrons. The van der Waals surface area contributed by atoms with Crippen molar-refractivity contribution in [2.45, 2.75) is 10.2 Å². The largest absolute Gasteiger partial charge is 0.431 e. The highest BCUT2D eigenvalue weighted by Gasteiger charge is 2.13. The van der Waals surface area contributed by atoms with Crippen LogP contribution in [0, 0.1) is 0 Å². The monoisotopic (exact) mass is 297 g/mol. The van der Waals surface area contributed by atoms with Gasteiger partial charge < -0.3 is 14.7 Å². The number of nitrogens with zero attached hydrogens (tertiary/aromatic N) is 4. The topological polar surface area (TPSA) is 82.8 Å². The maximum atomic E-state index is 5.74. The molecule has 104 valence electrons. The van der Waals surface area contributed by atoms with Crippen molar-refractivity contribution in [2.24, 2.45) is 7.05 Å². The van der Waals surface area contributed by atoms with Gasteiger partial charge in [-0.05, 0) is 30.0 Å². The Morgan fingerprint density at radius 1 is 1.24 bits per heavy atom. The molecule has 3 aromatic heterocycles. The van der Waals surface area contributed by atoms with Gasteiger partial charge in [0, 0.05) is 25.0 Å². The van der Waals surface area contributed by atoms with E-state index in [2.05, 4.69) is 15.0 Å². The van der Waals surface area contributed by atoms with E-state index in [1.54, 1.807) is 24.7 Å². The minimum Gasteiger partial charge on any atom is -0.431 e. The van der Waals surface area contributed by atoms with Gasteiger partial charge in [0.05, 0.1) is 11.8 Å². The van der Waals surface area contributed by atoms with Crippen LogP contribution in [0.1, 0.15) is 0 Å². The minimum atomic E-state index is 0.529. The number of nitrogen functional groups attached to an aromatic ring is 1. The molecule has 7 heteroatoms. The lowest BCUT2D eigenvalue weighted by Gasteiger charge is -1.98. The Kier molecular flexibility index (Phi) is 2.61. The Morgan fingerprint density at radius 3 is 3.05 bits per heavy atom. The summed E-state index contributed by atoms with van der Waals surface area (Å²) in [5.41, 5.74) is 9.71. The molecule has 0 aliphatic heterocycles. The highest BCUT2D eigenvalue weighted by atomic mass is 32.2. The molecular weight excluding hydrogens is 286 g/mol. The van der Waals surface area contributed by atoms with Crippen LogP contribution in [0.3, 0.4) is 0 Å². The third-order valence-electron chi connectivity index (χ3n) is 3.19. The fourth-order valence-electron chi connectivity index (χ4n) is 2.16. The summed E-state index contributed by atoms with van der Waals surface area (Å²) in [5, 5.41) is 1.30. The van der Waals surface area contributed by atoms with Crippen LogP contribution >= 0.6 is 11.8 Å². The van der Waals surface area contributed by atoms with Gasteiger partial charge in [-0.2, -0.15) is 0 Å². The molecule has 0 bridgehead atoms. The third kappa shape index (κ3) is 2.02. The smallest absolute Gasteiger partial charge is 0.263 e. The number of oxazole rings is 1. The molecule has 4 rings (SSSR count). The summed E-state index contributed by atoms with van der Waals surface area (Å²) in [5.74, 6) is 0. The van der Waals surface area contributed by atoms with Gasteiger partial charge in [-0.1, -0.05) is 0 Å². The van der Waals surface area contributed by atoms with Gasteiger partial charge in [0.25, 0.3) is 5.22 Å². The quantitative estimate of drug-likeness (QED) is 0.573. The predicted molar refractivity (Wildman–Crippen MR) is 81.1 cm³/mol. The van der Waals surface area contributed by atoms with Gasteiger partial charge >= 0.3 is 0 Å². The van der Waals surface area contributed by atoms with Crippen molar-refractivity contribution < 1.29 is 4.42 Å². The lowest BCUT2D eigenvalue weighted by atomic mass is 10.3. The number of imidazole rings is 1. The zero-order chi connectivity index (χ0) is 14.4. The zero-order valence-electron chi connectivity index (χ0n) is 11.1. The van der Waals surface area contributed by atoms with Crippen molar-refractivity contribution in [3.05, 3.63) is 36.8 Å². The van der Waals surface area contributed by atoms with E-state index >= 15 is 0 Å². The highest BCUT2D eigenvalue weighted by Crippen LogP contribution is 2.32. The van der Waals surface area contributed by atoms with Crippen molar-refractivity contribution in [1.82, 2.24) is 19.5 Å². The fourth-order valence-corrected chi connectivity index (χ4v) is 2.97. The molecule has 3 heterocycles. The van der Waals surface area contributed by atoms with E-state index in [1.807, 2.05) is 23.7 Å². The van der Waals surface area contributed by atoms with Gasteiger partial charge in [-0.3, -0.25) is 0 Å². The summed E-state index contributed by atoms with van der Waals surface area (Å²) >= 11 is 1.36. The number of rotatable bonds is 2. The number of pyridine rings is 1. The molecule has 0 unspecified atom stereocenters. The van der Waals surface area contributed by atoms with Crippen LogP contribution in [0.2, 0.25) is 0 Å². The average molecular weight is 297 g/mol. The summed E-state index contributed by atoms with van der Waals surface area (Å²) in [6.07, 6.45) is 3.52. The summed E-state index contributed by atoms with van der Waals surface area (Å²) in [6, 6.07) is 7.34. The van der Waals surface area contributed by atoms with Crippen molar-refractivity contribution in [3.63, 3.8) is 0 Å². The predicted octanol–water partition coefficient (Wildman–Crippen LogP) is 2.84. The molecule has 21 heavy (non-hydrogen) atoms. The Morgan fingerprint density at radius 2 is 2.14 bits per heavy atom. The molecule has 0 saturated heterocycles. The summed E-state index contributed by atoms with van der Waals surface area (Å²) in [7, 11) is 1.95. The summed E-state index contributed by atoms with van der Waals surface area (Å²) < 4.78 is 7.66. The minimum absolute atomic E-state index is 0.529. The second-order valence-corrected chi connectivity index (χ2v) is 5.59. The second kappa shape index (κ2) is 4.49. The number of nitrogens with two attached hydrogens (primary N) is 1. The normalized spacial score (nSPS) is 11.5. The van der Waals surface area contributed by atoms with E-state index in [0.717, 1.165) is 21.6 Å². The molecule has 0 spiro atoms. The lowest BCUT2D eigenvalue weighted by Crippen LogP contribution is -1.86. The first-order chi connectivity index (χ1) is 10.2. The Hall–Kier alpha value is -2.54. The molecule has 6 nitrogen and oxygen atoms in total. The van der Waals surface area contributed by atoms with Crippen LogP contribution in [-0.4, -0.2) is 19.5 Å².